The van der Waals surface area contributed by atoms with Crippen LogP contribution in [-0.2, 0) is 9.59 Å². The average molecular weight is 362 g/mol. The highest BCUT2D eigenvalue weighted by atomic mass is 16.4. The zero-order chi connectivity index (χ0) is 18.5. The predicted octanol–water partition coefficient (Wildman–Crippen LogP) is 2.69. The van der Waals surface area contributed by atoms with Gasteiger partial charge < -0.3 is 32.1 Å². The summed E-state index contributed by atoms with van der Waals surface area (Å²) in [4.78, 5) is 21.0. The van der Waals surface area contributed by atoms with Gasteiger partial charge in [-0.3, -0.25) is 0 Å². The second kappa shape index (κ2) is 15.6. The van der Waals surface area contributed by atoms with Gasteiger partial charge in [-0.05, 0) is 38.8 Å². The molecule has 0 unspecified atom stereocenters. The fraction of sp³-hybridized carbons (Fsp3) is 0.200. The molecule has 0 aliphatic rings. The fourth-order valence-corrected chi connectivity index (χ4v) is 1.35. The fourth-order valence-electron chi connectivity index (χ4n) is 1.35. The number of hydrogen-bond donors (Lipinski definition) is 2. The van der Waals surface area contributed by atoms with Crippen molar-refractivity contribution in [1.29, 1.82) is 0 Å². The number of aliphatic carboxylic acids is 2. The maximum absolute atomic E-state index is 10.5. The van der Waals surface area contributed by atoms with E-state index in [-0.39, 0.29) is 23.4 Å². The van der Waals surface area contributed by atoms with E-state index in [1.54, 1.807) is 24.3 Å². The van der Waals surface area contributed by atoms with Gasteiger partial charge in [0.2, 0.25) is 0 Å². The highest BCUT2D eigenvalue weighted by Crippen LogP contribution is 2.01. The lowest BCUT2D eigenvalue weighted by Gasteiger charge is -1.98. The second-order valence-electron chi connectivity index (χ2n) is 5.20. The average Bonchev–Trinajstić information content (AvgIpc) is 2.51. The van der Waals surface area contributed by atoms with Crippen molar-refractivity contribution in [2.45, 2.75) is 27.7 Å². The molecule has 0 fully saturated rings. The molecular formula is C20H30N2O4. The quantitative estimate of drug-likeness (QED) is 0.503. The third kappa shape index (κ3) is 14.6. The molecule has 0 radical (unpaired) electrons. The normalized spacial score (nSPS) is 13.8. The molecule has 0 aromatic rings. The number of carboxylic acid groups (broad SMARTS) is 2. The lowest BCUT2D eigenvalue weighted by molar-refractivity contribution is -0.300. The van der Waals surface area contributed by atoms with Gasteiger partial charge in [-0.15, -0.1) is 0 Å². The Kier molecular flexibility index (Phi) is 16.7. The maximum Gasteiger partial charge on any atom is 0.0672 e. The molecule has 0 aromatic heterocycles. The summed E-state index contributed by atoms with van der Waals surface area (Å²) in [5.41, 5.74) is 2.26. The first-order valence-corrected chi connectivity index (χ1v) is 7.38. The van der Waals surface area contributed by atoms with Crippen LogP contribution in [0.1, 0.15) is 27.7 Å². The summed E-state index contributed by atoms with van der Waals surface area (Å²) >= 11 is 0. The van der Waals surface area contributed by atoms with Gasteiger partial charge in [0.15, 0.2) is 0 Å². The molecule has 0 spiro atoms. The molecule has 0 rings (SSSR count). The van der Waals surface area contributed by atoms with Crippen LogP contribution in [-0.4, -0.2) is 11.9 Å². The van der Waals surface area contributed by atoms with Crippen LogP contribution in [0, 0.1) is 0 Å². The van der Waals surface area contributed by atoms with Crippen molar-refractivity contribution in [1.82, 2.24) is 12.3 Å². The van der Waals surface area contributed by atoms with Crippen LogP contribution < -0.4 is 22.5 Å². The second-order valence-corrected chi connectivity index (χ2v) is 5.20. The van der Waals surface area contributed by atoms with E-state index in [0.717, 1.165) is 11.1 Å². The molecule has 0 aromatic carbocycles. The van der Waals surface area contributed by atoms with Crippen LogP contribution in [0.3, 0.4) is 0 Å². The summed E-state index contributed by atoms with van der Waals surface area (Å²) < 4.78 is 0. The highest BCUT2D eigenvalue weighted by Gasteiger charge is 1.86. The van der Waals surface area contributed by atoms with Gasteiger partial charge in [0.1, 0.15) is 0 Å². The van der Waals surface area contributed by atoms with E-state index in [9.17, 15) is 19.8 Å². The molecule has 0 saturated heterocycles. The standard InChI is InChI=1S/C20H24O4.2H3N/c1-15(11-7-13-17(3)19(21)22)9-5-6-10-16(2)12-8-14-18(4)20(23)24;;/h5-14H,1-4H3,(H,21,22)(H,23,24);2*1H3/b6-5+,11-7+,12-8+,15-9+,16-10+,17-13+,18-14+;;. The number of allylic oxidation sites excluding steroid dienone is 12. The Labute approximate surface area is 155 Å². The zero-order valence-electron chi connectivity index (χ0n) is 16.4. The van der Waals surface area contributed by atoms with Crippen molar-refractivity contribution in [2.75, 3.05) is 0 Å². The Morgan fingerprint density at radius 1 is 0.577 bits per heavy atom. The molecule has 6 nitrogen and oxygen atoms in total. The third-order valence-corrected chi connectivity index (χ3v) is 2.88. The summed E-state index contributed by atoms with van der Waals surface area (Å²) in [6.45, 7) is 6.74. The Morgan fingerprint density at radius 3 is 1.15 bits per heavy atom. The summed E-state index contributed by atoms with van der Waals surface area (Å²) in [7, 11) is 0. The summed E-state index contributed by atoms with van der Waals surface area (Å²) in [5.74, 6) is -2.36. The van der Waals surface area contributed by atoms with Crippen molar-refractivity contribution in [2.24, 2.45) is 0 Å². The highest BCUT2D eigenvalue weighted by molar-refractivity contribution is 5.84. The number of carboxylic acids is 2. The van der Waals surface area contributed by atoms with Crippen LogP contribution >= 0.6 is 0 Å². The van der Waals surface area contributed by atoms with E-state index in [1.807, 2.05) is 38.2 Å². The van der Waals surface area contributed by atoms with E-state index in [0.29, 0.717) is 0 Å². The van der Waals surface area contributed by atoms with E-state index >= 15 is 0 Å². The van der Waals surface area contributed by atoms with Gasteiger partial charge >= 0.3 is 0 Å². The van der Waals surface area contributed by atoms with E-state index < -0.39 is 11.9 Å². The molecule has 0 aliphatic carbocycles. The first-order valence-electron chi connectivity index (χ1n) is 7.38. The summed E-state index contributed by atoms with van der Waals surface area (Å²) in [6, 6.07) is 0. The van der Waals surface area contributed by atoms with Crippen LogP contribution in [0.5, 0.6) is 0 Å². The van der Waals surface area contributed by atoms with Crippen LogP contribution in [0.2, 0.25) is 0 Å². The van der Waals surface area contributed by atoms with E-state index in [1.165, 1.54) is 26.0 Å². The van der Waals surface area contributed by atoms with Crippen molar-refractivity contribution in [3.63, 3.8) is 0 Å². The monoisotopic (exact) mass is 362 g/mol. The number of carbonyl (C=O) groups is 2. The third-order valence-electron chi connectivity index (χ3n) is 2.88. The van der Waals surface area contributed by atoms with Gasteiger partial charge in [-0.2, -0.15) is 0 Å². The number of quaternary nitrogens is 2. The van der Waals surface area contributed by atoms with Gasteiger partial charge in [0.05, 0.1) is 11.9 Å². The molecule has 0 bridgehead atoms. The van der Waals surface area contributed by atoms with Crippen molar-refractivity contribution < 1.29 is 19.8 Å². The Balaban J connectivity index is -0.00000264. The molecule has 26 heavy (non-hydrogen) atoms. The smallest absolute Gasteiger partial charge is 0.0672 e. The van der Waals surface area contributed by atoms with Gasteiger partial charge in [-0.25, -0.2) is 0 Å². The first-order chi connectivity index (χ1) is 11.2. The minimum atomic E-state index is -1.18. The largest absolute Gasteiger partial charge is 0.545 e. The molecule has 0 atom stereocenters. The number of rotatable bonds is 8. The van der Waals surface area contributed by atoms with Crippen molar-refractivity contribution >= 4 is 11.9 Å². The maximum atomic E-state index is 10.5. The molecule has 8 N–H and O–H groups in total. The summed E-state index contributed by atoms with van der Waals surface area (Å²) in [5, 5.41) is 21.0. The molecule has 0 amide bonds. The van der Waals surface area contributed by atoms with Crippen LogP contribution in [0.25, 0.3) is 0 Å². The Bertz CT molecular complexity index is 618. The van der Waals surface area contributed by atoms with Gasteiger partial charge in [0, 0.05) is 0 Å². The number of hydrogen-bond acceptors (Lipinski definition) is 4. The minimum Gasteiger partial charge on any atom is -0.545 e. The minimum absolute atomic E-state index is 0. The molecule has 144 valence electrons. The molecule has 0 heterocycles. The number of carbonyl (C=O) groups excluding carboxylic acids is 2. The van der Waals surface area contributed by atoms with Crippen molar-refractivity contribution in [3.05, 3.63) is 83.1 Å². The Hall–Kier alpha value is -2.96. The predicted molar refractivity (Wildman–Crippen MR) is 104 cm³/mol. The van der Waals surface area contributed by atoms with Crippen molar-refractivity contribution in [3.8, 4) is 0 Å². The van der Waals surface area contributed by atoms with Gasteiger partial charge in [-0.1, -0.05) is 71.9 Å². The molecule has 0 aliphatic heterocycles. The topological polar surface area (TPSA) is 153 Å². The van der Waals surface area contributed by atoms with Gasteiger partial charge in [0.25, 0.3) is 0 Å². The van der Waals surface area contributed by atoms with Crippen LogP contribution in [0.15, 0.2) is 83.1 Å². The molecular weight excluding hydrogens is 332 g/mol. The Morgan fingerprint density at radius 2 is 0.885 bits per heavy atom. The molecule has 6 heteroatoms. The molecule has 0 saturated carbocycles. The lowest BCUT2D eigenvalue weighted by Crippen LogP contribution is -2.22. The van der Waals surface area contributed by atoms with E-state index in [2.05, 4.69) is 0 Å². The lowest BCUT2D eigenvalue weighted by atomic mass is 10.2. The SMILES string of the molecule is CC(/C=C/C=C(\C)C(=O)[O-])=C\C=C\C=C(C)\C=C\C=C(/C)C(=O)[O-].[NH4+].[NH4+]. The summed E-state index contributed by atoms with van der Waals surface area (Å²) in [6.07, 6.45) is 17.3. The first kappa shape index (κ1) is 27.9. The van der Waals surface area contributed by atoms with E-state index in [4.69, 9.17) is 0 Å². The van der Waals surface area contributed by atoms with Crippen LogP contribution in [0.4, 0.5) is 0 Å². The zero-order valence-corrected chi connectivity index (χ0v) is 16.4.